The third kappa shape index (κ3) is 55.8. The van der Waals surface area contributed by atoms with E-state index in [1.54, 1.807) is 6.08 Å². The highest BCUT2D eigenvalue weighted by molar-refractivity contribution is 5.76. The van der Waals surface area contributed by atoms with Crippen LogP contribution < -0.4 is 5.32 Å². The summed E-state index contributed by atoms with van der Waals surface area (Å²) in [7, 11) is 0. The summed E-state index contributed by atoms with van der Waals surface area (Å²) in [5.74, 6) is -0.0655. The quantitative estimate of drug-likeness (QED) is 0.0420. The van der Waals surface area contributed by atoms with Crippen LogP contribution in [0.25, 0.3) is 0 Å². The molecule has 0 fully saturated rings. The van der Waals surface area contributed by atoms with Gasteiger partial charge >= 0.3 is 0 Å². The van der Waals surface area contributed by atoms with Crippen LogP contribution in [0.4, 0.5) is 0 Å². The lowest BCUT2D eigenvalue weighted by Gasteiger charge is -2.19. The number of hydrogen-bond donors (Lipinski definition) is 3. The third-order valence-electron chi connectivity index (χ3n) is 14.9. The van der Waals surface area contributed by atoms with E-state index in [-0.39, 0.29) is 12.5 Å². The maximum absolute atomic E-state index is 12.5. The Morgan fingerprint density at radius 1 is 0.338 bits per heavy atom. The van der Waals surface area contributed by atoms with Crippen LogP contribution in [0, 0.1) is 0 Å². The predicted octanol–water partition coefficient (Wildman–Crippen LogP) is 21.0. The van der Waals surface area contributed by atoms with Gasteiger partial charge in [-0.25, -0.2) is 0 Å². The maximum Gasteiger partial charge on any atom is 0.220 e. The van der Waals surface area contributed by atoms with E-state index in [0.29, 0.717) is 6.42 Å². The molecule has 0 radical (unpaired) electrons. The molecule has 4 nitrogen and oxygen atoms in total. The fraction of sp³-hybridized carbons (Fsp3) is 0.922. The molecular formula is C64H125NO3. The molecule has 68 heavy (non-hydrogen) atoms. The normalized spacial score (nSPS) is 12.8. The van der Waals surface area contributed by atoms with Crippen LogP contribution in [0.15, 0.2) is 24.3 Å². The van der Waals surface area contributed by atoms with E-state index < -0.39 is 12.1 Å². The first-order valence-electron chi connectivity index (χ1n) is 31.6. The summed E-state index contributed by atoms with van der Waals surface area (Å²) in [4.78, 5) is 12.5. The smallest absolute Gasteiger partial charge is 0.220 e. The molecule has 404 valence electrons. The van der Waals surface area contributed by atoms with Crippen LogP contribution in [0.2, 0.25) is 0 Å². The van der Waals surface area contributed by atoms with Gasteiger partial charge in [-0.05, 0) is 32.1 Å². The lowest BCUT2D eigenvalue weighted by Crippen LogP contribution is -2.45. The van der Waals surface area contributed by atoms with Gasteiger partial charge in [0.25, 0.3) is 0 Å². The van der Waals surface area contributed by atoms with Crippen LogP contribution >= 0.6 is 0 Å². The number of amides is 1. The summed E-state index contributed by atoms with van der Waals surface area (Å²) in [5.41, 5.74) is 0. The zero-order valence-corrected chi connectivity index (χ0v) is 46.7. The predicted molar refractivity (Wildman–Crippen MR) is 304 cm³/mol. The van der Waals surface area contributed by atoms with Crippen molar-refractivity contribution in [2.24, 2.45) is 0 Å². The first-order valence-corrected chi connectivity index (χ1v) is 31.6. The minimum absolute atomic E-state index is 0.0655. The maximum atomic E-state index is 12.5. The van der Waals surface area contributed by atoms with E-state index in [1.165, 1.54) is 308 Å². The molecule has 0 aliphatic rings. The molecule has 1 amide bonds. The molecule has 3 N–H and O–H groups in total. The van der Waals surface area contributed by atoms with E-state index in [9.17, 15) is 15.0 Å². The van der Waals surface area contributed by atoms with Crippen LogP contribution in [0.5, 0.6) is 0 Å². The summed E-state index contributed by atoms with van der Waals surface area (Å²) in [6.07, 6.45) is 81.0. The fourth-order valence-electron chi connectivity index (χ4n) is 10.1. The van der Waals surface area contributed by atoms with Gasteiger partial charge in [-0.2, -0.15) is 0 Å². The molecule has 2 unspecified atom stereocenters. The third-order valence-corrected chi connectivity index (χ3v) is 14.9. The van der Waals surface area contributed by atoms with Crippen LogP contribution in [0.3, 0.4) is 0 Å². The Labute approximate surface area is 428 Å². The average molecular weight is 957 g/mol. The number of carbonyl (C=O) groups is 1. The first-order chi connectivity index (χ1) is 33.7. The highest BCUT2D eigenvalue weighted by Crippen LogP contribution is 2.19. The number of allylic oxidation sites excluding steroid dienone is 3. The first kappa shape index (κ1) is 66.9. The topological polar surface area (TPSA) is 69.6 Å². The van der Waals surface area contributed by atoms with Gasteiger partial charge in [0, 0.05) is 6.42 Å². The molecule has 0 aliphatic heterocycles. The summed E-state index contributed by atoms with van der Waals surface area (Å²) in [5, 5.41) is 23.2. The van der Waals surface area contributed by atoms with Crippen LogP contribution in [-0.2, 0) is 4.79 Å². The Morgan fingerprint density at radius 3 is 0.853 bits per heavy atom. The van der Waals surface area contributed by atoms with E-state index in [0.717, 1.165) is 32.1 Å². The van der Waals surface area contributed by atoms with Gasteiger partial charge in [0.15, 0.2) is 0 Å². The zero-order chi connectivity index (χ0) is 49.2. The number of nitrogens with one attached hydrogen (secondary N) is 1. The highest BCUT2D eigenvalue weighted by atomic mass is 16.3. The zero-order valence-electron chi connectivity index (χ0n) is 46.7. The van der Waals surface area contributed by atoms with Crippen molar-refractivity contribution in [1.82, 2.24) is 5.32 Å². The van der Waals surface area contributed by atoms with Crippen LogP contribution in [0.1, 0.15) is 361 Å². The molecule has 0 spiro atoms. The Bertz CT molecular complexity index is 994. The Hall–Kier alpha value is -1.13. The molecule has 0 aliphatic carbocycles. The van der Waals surface area contributed by atoms with E-state index in [1.807, 2.05) is 6.08 Å². The SMILES string of the molecule is CCCCCCCCCCCCCCCCC/C=C/CC/C=C/C(O)C(CO)NC(=O)CCCCCCCCCCCCCCCCCCCCCCCCCCCCCCCCCCCCC. The Morgan fingerprint density at radius 2 is 0.574 bits per heavy atom. The molecule has 0 rings (SSSR count). The molecule has 0 saturated heterocycles. The molecule has 0 heterocycles. The lowest BCUT2D eigenvalue weighted by atomic mass is 10.0. The summed E-state index contributed by atoms with van der Waals surface area (Å²) in [6, 6.07) is -0.637. The molecule has 0 aromatic rings. The molecule has 0 aromatic carbocycles. The largest absolute Gasteiger partial charge is 0.394 e. The second-order valence-corrected chi connectivity index (χ2v) is 21.8. The van der Waals surface area contributed by atoms with Crippen molar-refractivity contribution in [3.8, 4) is 0 Å². The highest BCUT2D eigenvalue weighted by Gasteiger charge is 2.18. The molecule has 2 atom stereocenters. The number of hydrogen-bond acceptors (Lipinski definition) is 3. The summed E-state index contributed by atoms with van der Waals surface area (Å²) < 4.78 is 0. The summed E-state index contributed by atoms with van der Waals surface area (Å²) >= 11 is 0. The molecular weight excluding hydrogens is 831 g/mol. The van der Waals surface area contributed by atoms with Gasteiger partial charge in [0.1, 0.15) is 0 Å². The van der Waals surface area contributed by atoms with E-state index >= 15 is 0 Å². The number of carbonyl (C=O) groups excluding carboxylic acids is 1. The monoisotopic (exact) mass is 956 g/mol. The van der Waals surface area contributed by atoms with Crippen molar-refractivity contribution >= 4 is 5.91 Å². The van der Waals surface area contributed by atoms with Gasteiger partial charge in [-0.1, -0.05) is 346 Å². The van der Waals surface area contributed by atoms with Gasteiger partial charge in [-0.3, -0.25) is 4.79 Å². The van der Waals surface area contributed by atoms with E-state index in [2.05, 4.69) is 31.3 Å². The van der Waals surface area contributed by atoms with Gasteiger partial charge in [0.2, 0.25) is 5.91 Å². The van der Waals surface area contributed by atoms with E-state index in [4.69, 9.17) is 0 Å². The van der Waals surface area contributed by atoms with Crippen molar-refractivity contribution in [1.29, 1.82) is 0 Å². The Kier molecular flexibility index (Phi) is 59.2. The van der Waals surface area contributed by atoms with Crippen molar-refractivity contribution in [3.63, 3.8) is 0 Å². The van der Waals surface area contributed by atoms with Crippen molar-refractivity contribution in [3.05, 3.63) is 24.3 Å². The standard InChI is InChI=1S/C64H125NO3/c1-3-5-7-9-11-13-15-17-19-21-23-25-26-27-28-29-30-31-32-33-34-35-36-37-38-40-42-44-46-48-50-52-54-56-58-60-64(68)65-62(61-66)63(67)59-57-55-53-51-49-47-45-43-41-39-24-22-20-18-16-14-12-10-8-6-4-2/h49,51,57,59,62-63,66-67H,3-48,50,52-56,58,60-61H2,1-2H3,(H,65,68)/b51-49+,59-57+. The number of rotatable bonds is 59. The second kappa shape index (κ2) is 60.2. The van der Waals surface area contributed by atoms with Crippen LogP contribution in [-0.4, -0.2) is 34.9 Å². The van der Waals surface area contributed by atoms with Gasteiger partial charge < -0.3 is 15.5 Å². The average Bonchev–Trinajstić information content (AvgIpc) is 3.34. The molecule has 0 aromatic heterocycles. The van der Waals surface area contributed by atoms with Crippen molar-refractivity contribution in [2.45, 2.75) is 373 Å². The lowest BCUT2D eigenvalue weighted by molar-refractivity contribution is -0.123. The molecule has 0 bridgehead atoms. The number of aliphatic hydroxyl groups excluding tert-OH is 2. The molecule has 4 heteroatoms. The van der Waals surface area contributed by atoms with Crippen molar-refractivity contribution < 1.29 is 15.0 Å². The van der Waals surface area contributed by atoms with Crippen molar-refractivity contribution in [2.75, 3.05) is 6.61 Å². The fourth-order valence-corrected chi connectivity index (χ4v) is 10.1. The molecule has 0 saturated carbocycles. The summed E-state index contributed by atoms with van der Waals surface area (Å²) in [6.45, 7) is 4.34. The minimum Gasteiger partial charge on any atom is -0.394 e. The minimum atomic E-state index is -0.860. The second-order valence-electron chi connectivity index (χ2n) is 21.8. The van der Waals surface area contributed by atoms with Gasteiger partial charge in [-0.15, -0.1) is 0 Å². The Balaban J connectivity index is 3.42. The number of aliphatic hydroxyl groups is 2. The number of unbranched alkanes of at least 4 members (excludes halogenated alkanes) is 50. The van der Waals surface area contributed by atoms with Gasteiger partial charge in [0.05, 0.1) is 18.8 Å².